The molecule has 0 bridgehead atoms. The fraction of sp³-hybridized carbons (Fsp3) is 0.188. The SMILES string of the molecule is O=C(ON[C@H]1COc2cc(Br)ccc2C1)c1ccccc1. The molecule has 1 aliphatic rings. The van der Waals surface area contributed by atoms with Gasteiger partial charge in [0, 0.05) is 4.47 Å². The van der Waals surface area contributed by atoms with E-state index in [0.717, 1.165) is 22.2 Å². The summed E-state index contributed by atoms with van der Waals surface area (Å²) in [5, 5.41) is 0. The first-order valence-electron chi connectivity index (χ1n) is 6.65. The largest absolute Gasteiger partial charge is 0.491 e. The van der Waals surface area contributed by atoms with Gasteiger partial charge in [-0.15, -0.1) is 5.48 Å². The molecule has 4 nitrogen and oxygen atoms in total. The topological polar surface area (TPSA) is 47.6 Å². The van der Waals surface area contributed by atoms with E-state index < -0.39 is 5.97 Å². The molecule has 0 unspecified atom stereocenters. The molecule has 2 aromatic rings. The van der Waals surface area contributed by atoms with Crippen molar-refractivity contribution in [3.05, 3.63) is 64.1 Å². The Morgan fingerprint density at radius 2 is 2.05 bits per heavy atom. The van der Waals surface area contributed by atoms with Crippen molar-refractivity contribution in [2.24, 2.45) is 0 Å². The second-order valence-corrected chi connectivity index (χ2v) is 5.75. The Labute approximate surface area is 131 Å². The van der Waals surface area contributed by atoms with Crippen molar-refractivity contribution in [1.29, 1.82) is 0 Å². The molecule has 0 spiro atoms. The van der Waals surface area contributed by atoms with Crippen LogP contribution in [0.1, 0.15) is 15.9 Å². The number of carbonyl (C=O) groups is 1. The Bertz CT molecular complexity index is 645. The number of carbonyl (C=O) groups excluding carboxylic acids is 1. The van der Waals surface area contributed by atoms with Crippen molar-refractivity contribution < 1.29 is 14.4 Å². The summed E-state index contributed by atoms with van der Waals surface area (Å²) in [5.74, 6) is 0.481. The van der Waals surface area contributed by atoms with Crippen LogP contribution in [-0.2, 0) is 11.3 Å². The lowest BCUT2D eigenvalue weighted by Crippen LogP contribution is -2.40. The molecule has 0 fully saturated rings. The van der Waals surface area contributed by atoms with E-state index in [1.54, 1.807) is 24.3 Å². The number of hydrogen-bond acceptors (Lipinski definition) is 4. The highest BCUT2D eigenvalue weighted by atomic mass is 79.9. The van der Waals surface area contributed by atoms with Crippen LogP contribution in [0, 0.1) is 0 Å². The molecule has 3 rings (SSSR count). The molecule has 0 amide bonds. The fourth-order valence-corrected chi connectivity index (χ4v) is 2.53. The maximum Gasteiger partial charge on any atom is 0.356 e. The number of hydrogen-bond donors (Lipinski definition) is 1. The van der Waals surface area contributed by atoms with Gasteiger partial charge in [0.2, 0.25) is 0 Å². The second kappa shape index (κ2) is 6.28. The summed E-state index contributed by atoms with van der Waals surface area (Å²) in [6, 6.07) is 14.8. The quantitative estimate of drug-likeness (QED) is 0.866. The summed E-state index contributed by atoms with van der Waals surface area (Å²) in [4.78, 5) is 17.0. The highest BCUT2D eigenvalue weighted by molar-refractivity contribution is 9.10. The average molecular weight is 348 g/mol. The van der Waals surface area contributed by atoms with Gasteiger partial charge in [0.05, 0.1) is 11.6 Å². The molecule has 5 heteroatoms. The van der Waals surface area contributed by atoms with Crippen LogP contribution in [0.25, 0.3) is 0 Å². The van der Waals surface area contributed by atoms with Crippen LogP contribution in [0.5, 0.6) is 5.75 Å². The highest BCUT2D eigenvalue weighted by Crippen LogP contribution is 2.28. The molecule has 1 atom stereocenters. The molecule has 108 valence electrons. The van der Waals surface area contributed by atoms with Crippen LogP contribution in [0.2, 0.25) is 0 Å². The van der Waals surface area contributed by atoms with Crippen molar-refractivity contribution in [1.82, 2.24) is 5.48 Å². The summed E-state index contributed by atoms with van der Waals surface area (Å²) < 4.78 is 6.66. The number of hydroxylamine groups is 1. The third-order valence-corrected chi connectivity index (χ3v) is 3.76. The van der Waals surface area contributed by atoms with Crippen LogP contribution >= 0.6 is 15.9 Å². The van der Waals surface area contributed by atoms with Crippen LogP contribution in [0.3, 0.4) is 0 Å². The minimum Gasteiger partial charge on any atom is -0.491 e. The molecule has 1 heterocycles. The van der Waals surface area contributed by atoms with E-state index >= 15 is 0 Å². The third kappa shape index (κ3) is 3.43. The van der Waals surface area contributed by atoms with Gasteiger partial charge in [-0.2, -0.15) is 0 Å². The second-order valence-electron chi connectivity index (χ2n) is 4.84. The zero-order valence-electron chi connectivity index (χ0n) is 11.2. The predicted octanol–water partition coefficient (Wildman–Crippen LogP) is 3.11. The molecular weight excluding hydrogens is 334 g/mol. The average Bonchev–Trinajstić information content (AvgIpc) is 2.53. The van der Waals surface area contributed by atoms with Crippen molar-refractivity contribution in [3.8, 4) is 5.75 Å². The van der Waals surface area contributed by atoms with Gasteiger partial charge in [0.15, 0.2) is 0 Å². The molecule has 0 saturated heterocycles. The molecule has 1 N–H and O–H groups in total. The first-order chi connectivity index (χ1) is 10.2. The monoisotopic (exact) mass is 347 g/mol. The molecule has 0 aliphatic carbocycles. The molecule has 0 radical (unpaired) electrons. The van der Waals surface area contributed by atoms with Crippen LogP contribution in [-0.4, -0.2) is 18.6 Å². The van der Waals surface area contributed by atoms with Gasteiger partial charge in [-0.3, -0.25) is 0 Å². The van der Waals surface area contributed by atoms with Gasteiger partial charge in [-0.25, -0.2) is 4.79 Å². The van der Waals surface area contributed by atoms with E-state index in [-0.39, 0.29) is 6.04 Å². The zero-order valence-corrected chi connectivity index (χ0v) is 12.8. The summed E-state index contributed by atoms with van der Waals surface area (Å²) >= 11 is 3.42. The van der Waals surface area contributed by atoms with E-state index in [4.69, 9.17) is 9.57 Å². The highest BCUT2D eigenvalue weighted by Gasteiger charge is 2.21. The van der Waals surface area contributed by atoms with Crippen LogP contribution in [0.4, 0.5) is 0 Å². The Morgan fingerprint density at radius 3 is 2.86 bits per heavy atom. The maximum absolute atomic E-state index is 11.8. The lowest BCUT2D eigenvalue weighted by atomic mass is 10.0. The Balaban J connectivity index is 1.58. The lowest BCUT2D eigenvalue weighted by Gasteiger charge is -2.25. The number of nitrogens with one attached hydrogen (secondary N) is 1. The normalized spacial score (nSPS) is 16.7. The summed E-state index contributed by atoms with van der Waals surface area (Å²) in [7, 11) is 0. The van der Waals surface area contributed by atoms with Crippen molar-refractivity contribution in [3.63, 3.8) is 0 Å². The lowest BCUT2D eigenvalue weighted by molar-refractivity contribution is 0.00805. The number of fused-ring (bicyclic) bond motifs is 1. The van der Waals surface area contributed by atoms with E-state index in [0.29, 0.717) is 12.2 Å². The summed E-state index contributed by atoms with van der Waals surface area (Å²) in [6.07, 6.45) is 0.755. The summed E-state index contributed by atoms with van der Waals surface area (Å²) in [6.45, 7) is 0.464. The molecule has 21 heavy (non-hydrogen) atoms. The Hall–Kier alpha value is -1.85. The van der Waals surface area contributed by atoms with Gasteiger partial charge in [-0.1, -0.05) is 40.2 Å². The van der Waals surface area contributed by atoms with Crippen molar-refractivity contribution >= 4 is 21.9 Å². The minimum atomic E-state index is -0.391. The Kier molecular flexibility index (Phi) is 4.22. The number of ether oxygens (including phenoxy) is 1. The van der Waals surface area contributed by atoms with Crippen molar-refractivity contribution in [2.75, 3.05) is 6.61 Å². The van der Waals surface area contributed by atoms with E-state index in [2.05, 4.69) is 21.4 Å². The molecule has 0 saturated carbocycles. The van der Waals surface area contributed by atoms with Gasteiger partial charge in [-0.05, 0) is 36.2 Å². The smallest absolute Gasteiger partial charge is 0.356 e. The minimum absolute atomic E-state index is 0.0497. The zero-order chi connectivity index (χ0) is 14.7. The number of benzene rings is 2. The van der Waals surface area contributed by atoms with Crippen LogP contribution in [0.15, 0.2) is 53.0 Å². The fourth-order valence-electron chi connectivity index (χ4n) is 2.19. The van der Waals surface area contributed by atoms with Crippen LogP contribution < -0.4 is 10.2 Å². The molecule has 1 aliphatic heterocycles. The standard InChI is InChI=1S/C16H14BrNO3/c17-13-7-6-12-8-14(10-20-15(12)9-13)18-21-16(19)11-4-2-1-3-5-11/h1-7,9,14,18H,8,10H2/t14-/m1/s1. The molecular formula is C16H14BrNO3. The van der Waals surface area contributed by atoms with E-state index in [1.165, 1.54) is 0 Å². The number of halogens is 1. The maximum atomic E-state index is 11.8. The van der Waals surface area contributed by atoms with Gasteiger partial charge in [0.25, 0.3) is 0 Å². The Morgan fingerprint density at radius 1 is 1.24 bits per heavy atom. The van der Waals surface area contributed by atoms with Gasteiger partial charge < -0.3 is 9.57 Å². The van der Waals surface area contributed by atoms with E-state index in [9.17, 15) is 4.79 Å². The first kappa shape index (κ1) is 14.1. The van der Waals surface area contributed by atoms with Gasteiger partial charge >= 0.3 is 5.97 Å². The summed E-state index contributed by atoms with van der Waals surface area (Å²) in [5.41, 5.74) is 4.40. The molecule has 2 aromatic carbocycles. The number of rotatable bonds is 3. The third-order valence-electron chi connectivity index (χ3n) is 3.26. The van der Waals surface area contributed by atoms with E-state index in [1.807, 2.05) is 24.3 Å². The first-order valence-corrected chi connectivity index (χ1v) is 7.44. The van der Waals surface area contributed by atoms with Gasteiger partial charge in [0.1, 0.15) is 12.4 Å². The van der Waals surface area contributed by atoms with Crippen molar-refractivity contribution in [2.45, 2.75) is 12.5 Å². The molecule has 0 aromatic heterocycles. The predicted molar refractivity (Wildman–Crippen MR) is 82.1 cm³/mol.